The normalized spacial score (nSPS) is 13.8. The van der Waals surface area contributed by atoms with Crippen molar-refractivity contribution in [2.24, 2.45) is 0 Å². The summed E-state index contributed by atoms with van der Waals surface area (Å²) in [5.41, 5.74) is 1.65. The van der Waals surface area contributed by atoms with Crippen LogP contribution in [0.3, 0.4) is 0 Å². The molecule has 23 heavy (non-hydrogen) atoms. The summed E-state index contributed by atoms with van der Waals surface area (Å²) in [5, 5.41) is 3.95. The number of rotatable bonds is 4. The summed E-state index contributed by atoms with van der Waals surface area (Å²) < 4.78 is 3.88. The van der Waals surface area contributed by atoms with Crippen LogP contribution in [0.2, 0.25) is 0 Å². The molecule has 0 bridgehead atoms. The Kier molecular flexibility index (Phi) is 4.63. The summed E-state index contributed by atoms with van der Waals surface area (Å²) in [5.74, 6) is 0.227. The van der Waals surface area contributed by atoms with Crippen LogP contribution in [0.5, 0.6) is 0 Å². The van der Waals surface area contributed by atoms with Gasteiger partial charge in [-0.15, -0.1) is 16.9 Å². The third-order valence-corrected chi connectivity index (χ3v) is 5.51. The molecule has 1 aliphatic rings. The second-order valence-electron chi connectivity index (χ2n) is 5.27. The molecule has 3 rings (SSSR count). The standard InChI is InChI=1S/C15H16N4O2S2/c1-10-13(23-17-16-10)7-18(2)14(20)8-19-11-5-3-4-6-12(11)22-9-15(19)21/h3-6H,7-9H2,1-2H3. The Morgan fingerprint density at radius 2 is 2.17 bits per heavy atom. The molecule has 0 unspecified atom stereocenters. The van der Waals surface area contributed by atoms with E-state index in [1.54, 1.807) is 16.8 Å². The van der Waals surface area contributed by atoms with Crippen molar-refractivity contribution in [3.05, 3.63) is 34.8 Å². The van der Waals surface area contributed by atoms with E-state index >= 15 is 0 Å². The quantitative estimate of drug-likeness (QED) is 0.845. The first-order valence-corrected chi connectivity index (χ1v) is 8.86. The minimum Gasteiger partial charge on any atom is -0.339 e. The second kappa shape index (κ2) is 6.67. The van der Waals surface area contributed by atoms with Gasteiger partial charge in [0.1, 0.15) is 6.54 Å². The van der Waals surface area contributed by atoms with Gasteiger partial charge in [-0.25, -0.2) is 0 Å². The zero-order chi connectivity index (χ0) is 16.4. The van der Waals surface area contributed by atoms with Gasteiger partial charge in [-0.1, -0.05) is 16.6 Å². The first-order chi connectivity index (χ1) is 11.1. The Balaban J connectivity index is 1.72. The summed E-state index contributed by atoms with van der Waals surface area (Å²) in [6.07, 6.45) is 0. The molecule has 0 radical (unpaired) electrons. The van der Waals surface area contributed by atoms with Crippen molar-refractivity contribution in [1.29, 1.82) is 0 Å². The molecule has 8 heteroatoms. The van der Waals surface area contributed by atoms with Gasteiger partial charge >= 0.3 is 0 Å². The van der Waals surface area contributed by atoms with E-state index in [-0.39, 0.29) is 18.4 Å². The van der Waals surface area contributed by atoms with Gasteiger partial charge in [-0.05, 0) is 30.6 Å². The molecule has 0 N–H and O–H groups in total. The molecule has 0 atom stereocenters. The molecular formula is C15H16N4O2S2. The van der Waals surface area contributed by atoms with Gasteiger partial charge in [0.25, 0.3) is 0 Å². The molecule has 2 amide bonds. The van der Waals surface area contributed by atoms with Gasteiger partial charge < -0.3 is 9.80 Å². The third kappa shape index (κ3) is 3.37. The van der Waals surface area contributed by atoms with Gasteiger partial charge in [0.2, 0.25) is 11.8 Å². The number of benzene rings is 1. The zero-order valence-corrected chi connectivity index (χ0v) is 14.5. The average Bonchev–Trinajstić information content (AvgIpc) is 2.95. The van der Waals surface area contributed by atoms with E-state index in [1.165, 1.54) is 23.3 Å². The number of para-hydroxylation sites is 1. The number of anilines is 1. The van der Waals surface area contributed by atoms with Gasteiger partial charge in [0.05, 0.1) is 28.6 Å². The highest BCUT2D eigenvalue weighted by molar-refractivity contribution is 8.00. The maximum atomic E-state index is 12.5. The SMILES string of the molecule is Cc1nnsc1CN(C)C(=O)CN1C(=O)CSc2ccccc21. The molecule has 0 saturated heterocycles. The lowest BCUT2D eigenvalue weighted by atomic mass is 10.2. The Hall–Kier alpha value is -1.93. The van der Waals surface area contributed by atoms with Crippen LogP contribution < -0.4 is 4.90 Å². The van der Waals surface area contributed by atoms with Crippen LogP contribution >= 0.6 is 23.3 Å². The predicted molar refractivity (Wildman–Crippen MR) is 90.6 cm³/mol. The number of hydrogen-bond donors (Lipinski definition) is 0. The van der Waals surface area contributed by atoms with Gasteiger partial charge in [-0.3, -0.25) is 9.59 Å². The van der Waals surface area contributed by atoms with Crippen molar-refractivity contribution >= 4 is 40.8 Å². The van der Waals surface area contributed by atoms with Crippen LogP contribution in [-0.4, -0.2) is 45.6 Å². The molecule has 1 aromatic heterocycles. The predicted octanol–water partition coefficient (Wildman–Crippen LogP) is 1.94. The van der Waals surface area contributed by atoms with E-state index in [0.29, 0.717) is 12.3 Å². The number of nitrogens with zero attached hydrogens (tertiary/aromatic N) is 4. The molecule has 6 nitrogen and oxygen atoms in total. The highest BCUT2D eigenvalue weighted by Gasteiger charge is 2.27. The van der Waals surface area contributed by atoms with Crippen molar-refractivity contribution in [2.75, 3.05) is 24.2 Å². The molecule has 0 aliphatic carbocycles. The minimum atomic E-state index is -0.104. The van der Waals surface area contributed by atoms with E-state index in [9.17, 15) is 9.59 Å². The number of amides is 2. The van der Waals surface area contributed by atoms with Crippen LogP contribution in [0.25, 0.3) is 0 Å². The molecule has 120 valence electrons. The van der Waals surface area contributed by atoms with Crippen LogP contribution in [0.15, 0.2) is 29.2 Å². The van der Waals surface area contributed by atoms with E-state index in [4.69, 9.17) is 0 Å². The summed E-state index contributed by atoms with van der Waals surface area (Å²) in [7, 11) is 1.73. The number of hydrogen-bond acceptors (Lipinski definition) is 6. The lowest BCUT2D eigenvalue weighted by Crippen LogP contribution is -2.43. The molecule has 0 spiro atoms. The molecule has 0 fully saturated rings. The Morgan fingerprint density at radius 3 is 2.91 bits per heavy atom. The topological polar surface area (TPSA) is 66.4 Å². The fourth-order valence-corrected chi connectivity index (χ4v) is 3.90. The summed E-state index contributed by atoms with van der Waals surface area (Å²) >= 11 is 2.80. The first-order valence-electron chi connectivity index (χ1n) is 7.10. The Morgan fingerprint density at radius 1 is 1.39 bits per heavy atom. The van der Waals surface area contributed by atoms with Crippen molar-refractivity contribution in [3.63, 3.8) is 0 Å². The molecule has 0 saturated carbocycles. The number of aromatic nitrogens is 2. The monoisotopic (exact) mass is 348 g/mol. The van der Waals surface area contributed by atoms with E-state index in [2.05, 4.69) is 9.59 Å². The fourth-order valence-electron chi connectivity index (χ4n) is 2.28. The van der Waals surface area contributed by atoms with Gasteiger partial charge in [0.15, 0.2) is 0 Å². The maximum Gasteiger partial charge on any atom is 0.242 e. The van der Waals surface area contributed by atoms with Crippen LogP contribution in [0.4, 0.5) is 5.69 Å². The lowest BCUT2D eigenvalue weighted by molar-refractivity contribution is -0.130. The van der Waals surface area contributed by atoms with Crippen molar-refractivity contribution in [3.8, 4) is 0 Å². The van der Waals surface area contributed by atoms with Gasteiger partial charge in [-0.2, -0.15) is 0 Å². The van der Waals surface area contributed by atoms with Crippen LogP contribution in [0.1, 0.15) is 10.6 Å². The van der Waals surface area contributed by atoms with Crippen molar-refractivity contribution < 1.29 is 9.59 Å². The average molecular weight is 348 g/mol. The Bertz CT molecular complexity index is 747. The molecule has 2 aromatic rings. The smallest absolute Gasteiger partial charge is 0.242 e. The third-order valence-electron chi connectivity index (χ3n) is 3.65. The highest BCUT2D eigenvalue weighted by atomic mass is 32.2. The summed E-state index contributed by atoms with van der Waals surface area (Å²) in [6.45, 7) is 2.39. The second-order valence-corrected chi connectivity index (χ2v) is 7.12. The largest absolute Gasteiger partial charge is 0.339 e. The number of carbonyl (C=O) groups is 2. The summed E-state index contributed by atoms with van der Waals surface area (Å²) in [4.78, 5) is 29.9. The molecule has 1 aliphatic heterocycles. The first kappa shape index (κ1) is 15.9. The highest BCUT2D eigenvalue weighted by Crippen LogP contribution is 2.34. The fraction of sp³-hybridized carbons (Fsp3) is 0.333. The number of thioether (sulfide) groups is 1. The minimum absolute atomic E-state index is 0.0360. The summed E-state index contributed by atoms with van der Waals surface area (Å²) in [6, 6.07) is 7.67. The number of carbonyl (C=O) groups excluding carboxylic acids is 2. The molecule has 2 heterocycles. The molecule has 1 aromatic carbocycles. The zero-order valence-electron chi connectivity index (χ0n) is 12.9. The van der Waals surface area contributed by atoms with E-state index < -0.39 is 0 Å². The van der Waals surface area contributed by atoms with Crippen LogP contribution in [0, 0.1) is 6.92 Å². The maximum absolute atomic E-state index is 12.5. The molecular weight excluding hydrogens is 332 g/mol. The van der Waals surface area contributed by atoms with Crippen molar-refractivity contribution in [2.45, 2.75) is 18.4 Å². The van der Waals surface area contributed by atoms with Gasteiger partial charge in [0, 0.05) is 11.9 Å². The van der Waals surface area contributed by atoms with E-state index in [0.717, 1.165) is 21.2 Å². The number of fused-ring (bicyclic) bond motifs is 1. The number of aryl methyl sites for hydroxylation is 1. The van der Waals surface area contributed by atoms with E-state index in [1.807, 2.05) is 31.2 Å². The lowest BCUT2D eigenvalue weighted by Gasteiger charge is -2.29. The van der Waals surface area contributed by atoms with Crippen molar-refractivity contribution in [1.82, 2.24) is 14.5 Å². The Labute approximate surface area is 142 Å². The number of likely N-dealkylation sites (N-methyl/N-ethyl adjacent to an activating group) is 1. The van der Waals surface area contributed by atoms with Crippen LogP contribution in [-0.2, 0) is 16.1 Å².